The third kappa shape index (κ3) is 1.73. The molecule has 1 aliphatic rings. The van der Waals surface area contributed by atoms with E-state index in [9.17, 15) is 9.50 Å². The molecule has 0 saturated heterocycles. The van der Waals surface area contributed by atoms with Gasteiger partial charge in [0.1, 0.15) is 18.2 Å². The Morgan fingerprint density at radius 2 is 1.88 bits per heavy atom. The van der Waals surface area contributed by atoms with Gasteiger partial charge in [0.05, 0.1) is 19.8 Å². The zero-order valence-electron chi connectivity index (χ0n) is 9.42. The summed E-state index contributed by atoms with van der Waals surface area (Å²) in [5, 5.41) is 10.1. The predicted octanol–water partition coefficient (Wildman–Crippen LogP) is 2.15. The van der Waals surface area contributed by atoms with Crippen LogP contribution in [0.2, 0.25) is 0 Å². The predicted molar refractivity (Wildman–Crippen MR) is 57.5 cm³/mol. The Hall–Kier alpha value is -1.29. The number of alkyl halides is 1. The molecule has 1 aromatic carbocycles. The van der Waals surface area contributed by atoms with Crippen molar-refractivity contribution in [2.75, 3.05) is 14.2 Å². The molecule has 16 heavy (non-hydrogen) atoms. The first-order valence-electron chi connectivity index (χ1n) is 5.18. The van der Waals surface area contributed by atoms with Crippen LogP contribution in [0, 0.1) is 0 Å². The summed E-state index contributed by atoms with van der Waals surface area (Å²) in [6.07, 6.45) is 1.39. The first-order valence-corrected chi connectivity index (χ1v) is 5.18. The molecule has 0 aromatic heterocycles. The second-order valence-corrected chi connectivity index (χ2v) is 4.03. The van der Waals surface area contributed by atoms with Gasteiger partial charge in [-0.25, -0.2) is 4.39 Å². The summed E-state index contributed by atoms with van der Waals surface area (Å²) < 4.78 is 23.1. The van der Waals surface area contributed by atoms with Crippen LogP contribution in [0.25, 0.3) is 0 Å². The van der Waals surface area contributed by atoms with E-state index in [1.807, 2.05) is 0 Å². The molecule has 4 heteroatoms. The van der Waals surface area contributed by atoms with Gasteiger partial charge in [0.25, 0.3) is 0 Å². The van der Waals surface area contributed by atoms with Crippen LogP contribution < -0.4 is 9.47 Å². The quantitative estimate of drug-likeness (QED) is 0.855. The molecule has 3 nitrogen and oxygen atoms in total. The second kappa shape index (κ2) is 3.94. The topological polar surface area (TPSA) is 38.7 Å². The summed E-state index contributed by atoms with van der Waals surface area (Å²) in [6, 6.07) is 3.26. The van der Waals surface area contributed by atoms with Gasteiger partial charge in [0, 0.05) is 17.2 Å². The van der Waals surface area contributed by atoms with Crippen LogP contribution in [0.4, 0.5) is 4.39 Å². The van der Waals surface area contributed by atoms with Crippen LogP contribution in [-0.4, -0.2) is 19.3 Å². The van der Waals surface area contributed by atoms with E-state index in [1.165, 1.54) is 14.2 Å². The molecule has 0 aliphatic heterocycles. The van der Waals surface area contributed by atoms with E-state index in [-0.39, 0.29) is 0 Å². The Bertz CT molecular complexity index is 399. The van der Waals surface area contributed by atoms with Gasteiger partial charge in [-0.2, -0.15) is 0 Å². The van der Waals surface area contributed by atoms with Crippen molar-refractivity contribution in [2.24, 2.45) is 0 Å². The van der Waals surface area contributed by atoms with E-state index in [0.717, 1.165) is 0 Å². The highest BCUT2D eigenvalue weighted by atomic mass is 19.1. The molecular weight excluding hydrogens is 211 g/mol. The average Bonchev–Trinajstić information content (AvgIpc) is 3.06. The van der Waals surface area contributed by atoms with Gasteiger partial charge < -0.3 is 14.6 Å². The Balaban J connectivity index is 2.51. The summed E-state index contributed by atoms with van der Waals surface area (Å²) in [4.78, 5) is 0. The van der Waals surface area contributed by atoms with Gasteiger partial charge in [-0.1, -0.05) is 0 Å². The summed E-state index contributed by atoms with van der Waals surface area (Å²) in [7, 11) is 3.01. The minimum atomic E-state index is -0.832. The van der Waals surface area contributed by atoms with Crippen molar-refractivity contribution in [3.63, 3.8) is 0 Å². The maximum absolute atomic E-state index is 12.8. The van der Waals surface area contributed by atoms with E-state index < -0.39 is 12.3 Å². The lowest BCUT2D eigenvalue weighted by Crippen LogP contribution is -2.08. The van der Waals surface area contributed by atoms with Gasteiger partial charge in [-0.15, -0.1) is 0 Å². The molecule has 1 saturated carbocycles. The number of ether oxygens (including phenoxy) is 2. The van der Waals surface area contributed by atoms with Gasteiger partial charge in [0.15, 0.2) is 0 Å². The van der Waals surface area contributed by atoms with Gasteiger partial charge in [-0.3, -0.25) is 0 Å². The van der Waals surface area contributed by atoms with Crippen LogP contribution >= 0.6 is 0 Å². The Morgan fingerprint density at radius 1 is 1.25 bits per heavy atom. The minimum absolute atomic E-state index is 0.443. The van der Waals surface area contributed by atoms with Crippen molar-refractivity contribution >= 4 is 0 Å². The number of hydrogen-bond acceptors (Lipinski definition) is 3. The minimum Gasteiger partial charge on any atom is -0.496 e. The first-order chi connectivity index (χ1) is 7.64. The van der Waals surface area contributed by atoms with Gasteiger partial charge >= 0.3 is 0 Å². The fourth-order valence-electron chi connectivity index (χ4n) is 1.82. The summed E-state index contributed by atoms with van der Waals surface area (Å²) >= 11 is 0. The molecule has 0 unspecified atom stereocenters. The van der Waals surface area contributed by atoms with Crippen molar-refractivity contribution in [3.8, 4) is 11.5 Å². The molecule has 1 fully saturated rings. The smallest absolute Gasteiger partial charge is 0.128 e. The molecule has 1 aliphatic carbocycles. The van der Waals surface area contributed by atoms with Crippen molar-refractivity contribution in [3.05, 3.63) is 23.3 Å². The van der Waals surface area contributed by atoms with E-state index in [4.69, 9.17) is 9.47 Å². The van der Waals surface area contributed by atoms with Crippen molar-refractivity contribution in [1.29, 1.82) is 0 Å². The van der Waals surface area contributed by atoms with Gasteiger partial charge in [0.2, 0.25) is 0 Å². The zero-order chi connectivity index (χ0) is 11.8. The molecule has 2 rings (SSSR count). The van der Waals surface area contributed by atoms with Crippen molar-refractivity contribution in [2.45, 2.75) is 25.1 Å². The van der Waals surface area contributed by atoms with E-state index in [0.29, 0.717) is 35.5 Å². The monoisotopic (exact) mass is 226 g/mol. The average molecular weight is 226 g/mol. The third-order valence-corrected chi connectivity index (χ3v) is 2.97. The van der Waals surface area contributed by atoms with Crippen LogP contribution in [0.15, 0.2) is 12.1 Å². The highest BCUT2D eigenvalue weighted by molar-refractivity contribution is 5.50. The summed E-state index contributed by atoms with van der Waals surface area (Å²) in [5.74, 6) is 1.00. The van der Waals surface area contributed by atoms with E-state index in [2.05, 4.69) is 0 Å². The highest BCUT2D eigenvalue weighted by Gasteiger charge is 2.44. The Kier molecular flexibility index (Phi) is 2.76. The fourth-order valence-corrected chi connectivity index (χ4v) is 1.82. The van der Waals surface area contributed by atoms with E-state index >= 15 is 0 Å². The summed E-state index contributed by atoms with van der Waals surface area (Å²) in [5.41, 5.74) is 0.267. The Labute approximate surface area is 93.8 Å². The van der Waals surface area contributed by atoms with Crippen molar-refractivity contribution in [1.82, 2.24) is 0 Å². The molecule has 0 radical (unpaired) electrons. The summed E-state index contributed by atoms with van der Waals surface area (Å²) in [6.45, 7) is -0.615. The number of hydrogen-bond donors (Lipinski definition) is 1. The molecule has 0 atom stereocenters. The number of benzene rings is 1. The molecule has 0 spiro atoms. The number of methoxy groups -OCH3 is 2. The SMILES string of the molecule is COc1cc(OC)c(C2(O)CC2)cc1CF. The number of rotatable bonds is 4. The maximum atomic E-state index is 12.8. The fraction of sp³-hybridized carbons (Fsp3) is 0.500. The molecule has 1 N–H and O–H groups in total. The standard InChI is InChI=1S/C12H15FO3/c1-15-10-6-11(16-2)9(5-8(10)7-13)12(14)3-4-12/h5-6,14H,3-4,7H2,1-2H3. The van der Waals surface area contributed by atoms with E-state index in [1.54, 1.807) is 12.1 Å². The van der Waals surface area contributed by atoms with Crippen LogP contribution in [0.5, 0.6) is 11.5 Å². The number of halogens is 1. The molecule has 0 heterocycles. The molecule has 0 amide bonds. The molecule has 1 aromatic rings. The largest absolute Gasteiger partial charge is 0.496 e. The van der Waals surface area contributed by atoms with Crippen LogP contribution in [-0.2, 0) is 12.3 Å². The molecule has 88 valence electrons. The molecule has 0 bridgehead atoms. The van der Waals surface area contributed by atoms with Crippen molar-refractivity contribution < 1.29 is 19.0 Å². The molecular formula is C12H15FO3. The highest BCUT2D eigenvalue weighted by Crippen LogP contribution is 2.50. The lowest BCUT2D eigenvalue weighted by atomic mass is 10.0. The lowest BCUT2D eigenvalue weighted by Gasteiger charge is -2.16. The first kappa shape index (κ1) is 11.2. The second-order valence-electron chi connectivity index (χ2n) is 4.03. The normalized spacial score (nSPS) is 17.0. The van der Waals surface area contributed by atoms with Crippen LogP contribution in [0.3, 0.4) is 0 Å². The van der Waals surface area contributed by atoms with Gasteiger partial charge in [-0.05, 0) is 18.9 Å². The van der Waals surface area contributed by atoms with Crippen LogP contribution in [0.1, 0.15) is 24.0 Å². The zero-order valence-corrected chi connectivity index (χ0v) is 9.42. The maximum Gasteiger partial charge on any atom is 0.128 e. The third-order valence-electron chi connectivity index (χ3n) is 2.97. The number of aliphatic hydroxyl groups is 1. The Morgan fingerprint density at radius 3 is 2.31 bits per heavy atom. The lowest BCUT2D eigenvalue weighted by molar-refractivity contribution is 0.147.